The van der Waals surface area contributed by atoms with E-state index in [-0.39, 0.29) is 5.41 Å². The number of nitrogens with zero attached hydrogens (tertiary/aromatic N) is 2. The van der Waals surface area contributed by atoms with Gasteiger partial charge in [0.15, 0.2) is 0 Å². The number of hydrogen-bond acceptors (Lipinski definition) is 3. The second-order valence-corrected chi connectivity index (χ2v) is 3.65. The Balaban J connectivity index is 2.17. The van der Waals surface area contributed by atoms with Gasteiger partial charge in [-0.1, -0.05) is 6.07 Å². The molecule has 14 heavy (non-hydrogen) atoms. The predicted molar refractivity (Wildman–Crippen MR) is 51.6 cm³/mol. The zero-order valence-electron chi connectivity index (χ0n) is 7.94. The van der Waals surface area contributed by atoms with Gasteiger partial charge >= 0.3 is 0 Å². The maximum absolute atomic E-state index is 8.58. The number of rotatable bonds is 3. The van der Waals surface area contributed by atoms with E-state index in [0.717, 1.165) is 12.1 Å². The minimum absolute atomic E-state index is 0.0109. The van der Waals surface area contributed by atoms with Crippen molar-refractivity contribution in [1.82, 2.24) is 4.98 Å². The van der Waals surface area contributed by atoms with Crippen molar-refractivity contribution in [2.75, 3.05) is 13.2 Å². The Labute approximate surface area is 83.3 Å². The Bertz CT molecular complexity index is 338. The van der Waals surface area contributed by atoms with Gasteiger partial charge in [-0.15, -0.1) is 0 Å². The predicted octanol–water partition coefficient (Wildman–Crippen LogP) is 1.65. The fourth-order valence-electron chi connectivity index (χ4n) is 1.74. The lowest BCUT2D eigenvalue weighted by molar-refractivity contribution is -0.0658. The van der Waals surface area contributed by atoms with Gasteiger partial charge in [-0.2, -0.15) is 5.26 Å². The van der Waals surface area contributed by atoms with Crippen LogP contribution >= 0.6 is 0 Å². The first-order valence-electron chi connectivity index (χ1n) is 4.74. The molecule has 3 heteroatoms. The third kappa shape index (κ3) is 1.49. The molecule has 0 aromatic carbocycles. The van der Waals surface area contributed by atoms with Crippen molar-refractivity contribution in [2.24, 2.45) is 0 Å². The van der Waals surface area contributed by atoms with Gasteiger partial charge in [-0.05, 0) is 18.6 Å². The smallest absolute Gasteiger partial charge is 0.0622 e. The summed E-state index contributed by atoms with van der Waals surface area (Å²) in [6, 6.07) is 8.08. The van der Waals surface area contributed by atoms with Gasteiger partial charge in [-0.3, -0.25) is 4.98 Å². The molecule has 2 heterocycles. The molecular formula is C11H12N2O. The van der Waals surface area contributed by atoms with E-state index in [1.807, 2.05) is 18.2 Å². The first kappa shape index (κ1) is 9.17. The second kappa shape index (κ2) is 3.77. The monoisotopic (exact) mass is 188 g/mol. The van der Waals surface area contributed by atoms with E-state index in [2.05, 4.69) is 11.1 Å². The Kier molecular flexibility index (Phi) is 2.47. The maximum Gasteiger partial charge on any atom is 0.0622 e. The molecule has 0 amide bonds. The van der Waals surface area contributed by atoms with E-state index in [0.29, 0.717) is 19.6 Å². The molecule has 0 spiro atoms. The van der Waals surface area contributed by atoms with Crippen LogP contribution in [0, 0.1) is 11.3 Å². The molecule has 72 valence electrons. The standard InChI is InChI=1S/C11H12N2O/c12-6-3-5-11(8-14-9-11)10-4-1-2-7-13-10/h1-2,4,7H,3,5,8-9H2. The highest BCUT2D eigenvalue weighted by atomic mass is 16.5. The lowest BCUT2D eigenvalue weighted by Gasteiger charge is -2.40. The molecule has 1 aliphatic rings. The van der Waals surface area contributed by atoms with Crippen LogP contribution in [0.1, 0.15) is 18.5 Å². The molecule has 1 aromatic rings. The first-order valence-corrected chi connectivity index (χ1v) is 4.74. The summed E-state index contributed by atoms with van der Waals surface area (Å²) in [5.41, 5.74) is 1.07. The van der Waals surface area contributed by atoms with E-state index in [1.165, 1.54) is 0 Å². The molecule has 0 saturated carbocycles. The van der Waals surface area contributed by atoms with Crippen LogP contribution in [0.2, 0.25) is 0 Å². The molecule has 1 saturated heterocycles. The van der Waals surface area contributed by atoms with Crippen LogP contribution in [-0.2, 0) is 10.2 Å². The van der Waals surface area contributed by atoms with Crippen molar-refractivity contribution < 1.29 is 4.74 Å². The fourth-order valence-corrected chi connectivity index (χ4v) is 1.74. The minimum Gasteiger partial charge on any atom is -0.379 e. The summed E-state index contributed by atoms with van der Waals surface area (Å²) in [4.78, 5) is 4.34. The van der Waals surface area contributed by atoms with E-state index in [9.17, 15) is 0 Å². The van der Waals surface area contributed by atoms with Crippen LogP contribution in [-0.4, -0.2) is 18.2 Å². The van der Waals surface area contributed by atoms with E-state index < -0.39 is 0 Å². The van der Waals surface area contributed by atoms with Gasteiger partial charge in [0.1, 0.15) is 0 Å². The number of hydrogen-bond donors (Lipinski definition) is 0. The Morgan fingerprint density at radius 3 is 2.86 bits per heavy atom. The van der Waals surface area contributed by atoms with Crippen molar-refractivity contribution in [1.29, 1.82) is 5.26 Å². The molecule has 0 radical (unpaired) electrons. The average Bonchev–Trinajstić information content (AvgIpc) is 2.18. The third-order valence-electron chi connectivity index (χ3n) is 2.68. The van der Waals surface area contributed by atoms with Gasteiger partial charge < -0.3 is 4.74 Å². The van der Waals surface area contributed by atoms with Crippen LogP contribution in [0.25, 0.3) is 0 Å². The van der Waals surface area contributed by atoms with Crippen LogP contribution in [0.5, 0.6) is 0 Å². The van der Waals surface area contributed by atoms with Crippen molar-refractivity contribution in [3.63, 3.8) is 0 Å². The zero-order valence-corrected chi connectivity index (χ0v) is 7.94. The van der Waals surface area contributed by atoms with Gasteiger partial charge in [0.2, 0.25) is 0 Å². The molecule has 1 aliphatic heterocycles. The van der Waals surface area contributed by atoms with Crippen LogP contribution in [0.3, 0.4) is 0 Å². The maximum atomic E-state index is 8.58. The summed E-state index contributed by atoms with van der Waals surface area (Å²) in [6.07, 6.45) is 3.21. The van der Waals surface area contributed by atoms with Gasteiger partial charge in [0, 0.05) is 12.6 Å². The van der Waals surface area contributed by atoms with Gasteiger partial charge in [0.25, 0.3) is 0 Å². The number of nitriles is 1. The Morgan fingerprint density at radius 1 is 1.50 bits per heavy atom. The Morgan fingerprint density at radius 2 is 2.36 bits per heavy atom. The van der Waals surface area contributed by atoms with Gasteiger partial charge in [-0.25, -0.2) is 0 Å². The van der Waals surface area contributed by atoms with Gasteiger partial charge in [0.05, 0.1) is 30.4 Å². The van der Waals surface area contributed by atoms with Crippen LogP contribution < -0.4 is 0 Å². The van der Waals surface area contributed by atoms with Crippen molar-refractivity contribution in [3.8, 4) is 6.07 Å². The summed E-state index contributed by atoms with van der Waals surface area (Å²) < 4.78 is 5.24. The van der Waals surface area contributed by atoms with Crippen LogP contribution in [0.15, 0.2) is 24.4 Å². The average molecular weight is 188 g/mol. The highest BCUT2D eigenvalue weighted by Gasteiger charge is 2.40. The zero-order chi connectivity index (χ0) is 9.86. The molecule has 3 nitrogen and oxygen atoms in total. The molecule has 0 N–H and O–H groups in total. The number of ether oxygens (including phenoxy) is 1. The van der Waals surface area contributed by atoms with Crippen LogP contribution in [0.4, 0.5) is 0 Å². The quantitative estimate of drug-likeness (QED) is 0.724. The third-order valence-corrected chi connectivity index (χ3v) is 2.68. The molecule has 0 aliphatic carbocycles. The molecule has 0 bridgehead atoms. The summed E-state index contributed by atoms with van der Waals surface area (Å²) in [5.74, 6) is 0. The van der Waals surface area contributed by atoms with Crippen molar-refractivity contribution >= 4 is 0 Å². The summed E-state index contributed by atoms with van der Waals surface area (Å²) in [7, 11) is 0. The summed E-state index contributed by atoms with van der Waals surface area (Å²) in [6.45, 7) is 1.40. The first-order chi connectivity index (χ1) is 6.87. The number of aromatic nitrogens is 1. The SMILES string of the molecule is N#CCCC1(c2ccccn2)COC1. The topological polar surface area (TPSA) is 45.9 Å². The number of pyridine rings is 1. The van der Waals surface area contributed by atoms with E-state index in [1.54, 1.807) is 6.20 Å². The molecule has 1 aromatic heterocycles. The highest BCUT2D eigenvalue weighted by Crippen LogP contribution is 2.35. The summed E-state index contributed by atoms with van der Waals surface area (Å²) >= 11 is 0. The lowest BCUT2D eigenvalue weighted by Crippen LogP contribution is -2.47. The molecular weight excluding hydrogens is 176 g/mol. The molecule has 2 rings (SSSR count). The summed E-state index contributed by atoms with van der Waals surface area (Å²) in [5, 5.41) is 8.58. The van der Waals surface area contributed by atoms with E-state index in [4.69, 9.17) is 10.00 Å². The van der Waals surface area contributed by atoms with Crippen molar-refractivity contribution in [2.45, 2.75) is 18.3 Å². The Hall–Kier alpha value is -1.40. The normalized spacial score (nSPS) is 18.2. The molecule has 0 atom stereocenters. The molecule has 0 unspecified atom stereocenters. The minimum atomic E-state index is 0.0109. The second-order valence-electron chi connectivity index (χ2n) is 3.65. The van der Waals surface area contributed by atoms with E-state index >= 15 is 0 Å². The highest BCUT2D eigenvalue weighted by molar-refractivity contribution is 5.20. The van der Waals surface area contributed by atoms with Crippen molar-refractivity contribution in [3.05, 3.63) is 30.1 Å². The fraction of sp³-hybridized carbons (Fsp3) is 0.455. The molecule has 1 fully saturated rings. The largest absolute Gasteiger partial charge is 0.379 e. The lowest BCUT2D eigenvalue weighted by atomic mass is 9.78.